The monoisotopic (exact) mass is 467 g/mol. The third-order valence-electron chi connectivity index (χ3n) is 5.85. The quantitative estimate of drug-likeness (QED) is 0.386. The molecular weight excluding hydrogens is 441 g/mol. The first-order valence-electron chi connectivity index (χ1n) is 11.0. The number of hydrogen-bond donors (Lipinski definition) is 3. The zero-order chi connectivity index (χ0) is 23.2. The molecule has 0 unspecified atom stereocenters. The minimum Gasteiger partial charge on any atom is -0.481 e. The molecule has 1 saturated carbocycles. The van der Waals surface area contributed by atoms with Gasteiger partial charge in [0.05, 0.1) is 12.1 Å². The highest BCUT2D eigenvalue weighted by atomic mass is 32.1. The molecule has 1 fully saturated rings. The predicted molar refractivity (Wildman–Crippen MR) is 127 cm³/mol. The van der Waals surface area contributed by atoms with Gasteiger partial charge in [-0.1, -0.05) is 37.8 Å². The van der Waals surface area contributed by atoms with Gasteiger partial charge >= 0.3 is 5.97 Å². The molecule has 3 aromatic rings. The average Bonchev–Trinajstić information content (AvgIpc) is 3.45. The lowest BCUT2D eigenvalue weighted by Gasteiger charge is -2.15. The summed E-state index contributed by atoms with van der Waals surface area (Å²) in [6.07, 6.45) is 5.65. The number of aliphatic carboxylic acids is 1. The topological polar surface area (TPSA) is 91.3 Å². The van der Waals surface area contributed by atoms with E-state index in [1.165, 1.54) is 43.1 Å². The summed E-state index contributed by atoms with van der Waals surface area (Å²) in [5.41, 5.74) is 3.87. The van der Waals surface area contributed by atoms with Crippen molar-refractivity contribution in [3.63, 3.8) is 0 Å². The molecule has 0 aliphatic heterocycles. The van der Waals surface area contributed by atoms with Crippen molar-refractivity contribution in [1.82, 2.24) is 4.98 Å². The van der Waals surface area contributed by atoms with Crippen LogP contribution in [0.2, 0.25) is 0 Å². The molecule has 0 saturated heterocycles. The lowest BCUT2D eigenvalue weighted by Crippen LogP contribution is -2.12. The van der Waals surface area contributed by atoms with Gasteiger partial charge in [0.2, 0.25) is 0 Å². The fourth-order valence-corrected chi connectivity index (χ4v) is 4.88. The van der Waals surface area contributed by atoms with Crippen molar-refractivity contribution >= 4 is 34.0 Å². The fourth-order valence-electron chi connectivity index (χ4n) is 4.17. The minimum atomic E-state index is -0.964. The van der Waals surface area contributed by atoms with Crippen LogP contribution in [0.3, 0.4) is 0 Å². The van der Waals surface area contributed by atoms with E-state index in [9.17, 15) is 14.0 Å². The molecule has 0 atom stereocenters. The highest BCUT2D eigenvalue weighted by Crippen LogP contribution is 2.31. The Hall–Kier alpha value is -3.26. The Labute approximate surface area is 195 Å². The molecule has 3 N–H and O–H groups in total. The lowest BCUT2D eigenvalue weighted by molar-refractivity contribution is -0.136. The van der Waals surface area contributed by atoms with Crippen molar-refractivity contribution in [1.29, 1.82) is 0 Å². The summed E-state index contributed by atoms with van der Waals surface area (Å²) in [5, 5.41) is 16.9. The largest absolute Gasteiger partial charge is 0.481 e. The van der Waals surface area contributed by atoms with Gasteiger partial charge in [-0.15, -0.1) is 11.3 Å². The first kappa shape index (κ1) is 22.9. The summed E-state index contributed by atoms with van der Waals surface area (Å²) in [4.78, 5) is 27.3. The van der Waals surface area contributed by atoms with Crippen molar-refractivity contribution in [2.75, 3.05) is 10.6 Å². The molecule has 1 aliphatic rings. The molecule has 1 aromatic heterocycles. The van der Waals surface area contributed by atoms with E-state index in [2.05, 4.69) is 15.6 Å². The van der Waals surface area contributed by atoms with Gasteiger partial charge < -0.3 is 10.4 Å². The maximum Gasteiger partial charge on any atom is 0.309 e. The Morgan fingerprint density at radius 1 is 1.12 bits per heavy atom. The molecular formula is C25H26FN3O3S. The maximum absolute atomic E-state index is 13.8. The molecule has 1 amide bonds. The zero-order valence-electron chi connectivity index (χ0n) is 18.1. The number of halogens is 1. The van der Waals surface area contributed by atoms with Crippen molar-refractivity contribution in [3.05, 3.63) is 76.0 Å². The van der Waals surface area contributed by atoms with E-state index in [-0.39, 0.29) is 18.1 Å². The third-order valence-corrected chi connectivity index (χ3v) is 6.66. The number of aromatic nitrogens is 1. The number of thiazole rings is 1. The fraction of sp³-hybridized carbons (Fsp3) is 0.320. The number of nitrogens with zero attached hydrogens (tertiary/aromatic N) is 1. The average molecular weight is 468 g/mol. The van der Waals surface area contributed by atoms with Gasteiger partial charge in [-0.2, -0.15) is 0 Å². The number of nitrogens with one attached hydrogen (secondary N) is 2. The summed E-state index contributed by atoms with van der Waals surface area (Å²) >= 11 is 1.19. The molecule has 1 heterocycles. The number of anilines is 2. The van der Waals surface area contributed by atoms with Gasteiger partial charge in [0.1, 0.15) is 5.82 Å². The molecule has 0 radical (unpaired) electrons. The summed E-state index contributed by atoms with van der Waals surface area (Å²) < 4.78 is 13.8. The third kappa shape index (κ3) is 6.38. The Balaban J connectivity index is 1.34. The SMILES string of the molecule is O=C(O)Cc1csc(NC(=O)c2ccc(CNc3ccc(F)cc3CC3CCCC3)cc2)n1. The molecule has 6 nitrogen and oxygen atoms in total. The number of carbonyl (C=O) groups is 2. The number of benzene rings is 2. The maximum atomic E-state index is 13.8. The van der Waals surface area contributed by atoms with Crippen molar-refractivity contribution in [2.24, 2.45) is 5.92 Å². The molecule has 0 bridgehead atoms. The number of hydrogen-bond acceptors (Lipinski definition) is 5. The van der Waals surface area contributed by atoms with Gasteiger partial charge in [-0.05, 0) is 53.8 Å². The van der Waals surface area contributed by atoms with Crippen LogP contribution >= 0.6 is 11.3 Å². The minimum absolute atomic E-state index is 0.176. The molecule has 172 valence electrons. The van der Waals surface area contributed by atoms with Gasteiger partial charge in [-0.25, -0.2) is 9.37 Å². The number of carbonyl (C=O) groups excluding carboxylic acids is 1. The first-order valence-corrected chi connectivity index (χ1v) is 11.9. The molecule has 8 heteroatoms. The van der Waals surface area contributed by atoms with Crippen molar-refractivity contribution < 1.29 is 19.1 Å². The number of rotatable bonds is 9. The Morgan fingerprint density at radius 3 is 2.61 bits per heavy atom. The normalized spacial score (nSPS) is 13.7. The summed E-state index contributed by atoms with van der Waals surface area (Å²) in [5.74, 6) is -0.848. The van der Waals surface area contributed by atoms with Crippen LogP contribution in [0.4, 0.5) is 15.2 Å². The molecule has 0 spiro atoms. The van der Waals surface area contributed by atoms with E-state index in [1.807, 2.05) is 12.1 Å². The van der Waals surface area contributed by atoms with Crippen LogP contribution in [0.5, 0.6) is 0 Å². The van der Waals surface area contributed by atoms with E-state index < -0.39 is 5.97 Å². The highest BCUT2D eigenvalue weighted by Gasteiger charge is 2.17. The Kier molecular flexibility index (Phi) is 7.34. The summed E-state index contributed by atoms with van der Waals surface area (Å²) in [6.45, 7) is 0.566. The second kappa shape index (κ2) is 10.6. The van der Waals surface area contributed by atoms with Crippen LogP contribution in [0, 0.1) is 11.7 Å². The van der Waals surface area contributed by atoms with Crippen LogP contribution < -0.4 is 10.6 Å². The van der Waals surface area contributed by atoms with Gasteiger partial charge in [0, 0.05) is 23.2 Å². The Bertz CT molecular complexity index is 1120. The standard InChI is InChI=1S/C25H26FN3O3S/c26-20-9-10-22(19(12-20)11-16-3-1-2-4-16)27-14-17-5-7-18(8-6-17)24(32)29-25-28-21(15-33-25)13-23(30)31/h5-10,12,15-16,27H,1-4,11,13-14H2,(H,30,31)(H,28,29,32). The van der Waals surface area contributed by atoms with Gasteiger partial charge in [0.25, 0.3) is 5.91 Å². The van der Waals surface area contributed by atoms with E-state index in [4.69, 9.17) is 5.11 Å². The van der Waals surface area contributed by atoms with Gasteiger partial charge in [-0.3, -0.25) is 14.9 Å². The Morgan fingerprint density at radius 2 is 1.88 bits per heavy atom. The van der Waals surface area contributed by atoms with E-state index in [0.29, 0.717) is 28.9 Å². The van der Waals surface area contributed by atoms with Crippen LogP contribution in [-0.2, 0) is 24.2 Å². The van der Waals surface area contributed by atoms with Crippen LogP contribution in [0.25, 0.3) is 0 Å². The van der Waals surface area contributed by atoms with E-state index in [1.54, 1.807) is 29.6 Å². The van der Waals surface area contributed by atoms with Gasteiger partial charge in [0.15, 0.2) is 5.13 Å². The van der Waals surface area contributed by atoms with E-state index >= 15 is 0 Å². The van der Waals surface area contributed by atoms with Crippen LogP contribution in [0.15, 0.2) is 47.8 Å². The van der Waals surface area contributed by atoms with E-state index in [0.717, 1.165) is 23.2 Å². The molecule has 4 rings (SSSR count). The van der Waals surface area contributed by atoms with Crippen LogP contribution in [0.1, 0.15) is 52.9 Å². The molecule has 33 heavy (non-hydrogen) atoms. The number of carboxylic acids is 1. The predicted octanol–water partition coefficient (Wildman–Crippen LogP) is 5.51. The molecule has 1 aliphatic carbocycles. The van der Waals surface area contributed by atoms with Crippen molar-refractivity contribution in [2.45, 2.75) is 45.1 Å². The van der Waals surface area contributed by atoms with Crippen LogP contribution in [-0.4, -0.2) is 22.0 Å². The molecule has 2 aromatic carbocycles. The first-order chi connectivity index (χ1) is 16.0. The lowest BCUT2D eigenvalue weighted by atomic mass is 9.96. The summed E-state index contributed by atoms with van der Waals surface area (Å²) in [7, 11) is 0. The highest BCUT2D eigenvalue weighted by molar-refractivity contribution is 7.14. The zero-order valence-corrected chi connectivity index (χ0v) is 19.0. The second-order valence-corrected chi connectivity index (χ2v) is 9.23. The number of carboxylic acid groups (broad SMARTS) is 1. The van der Waals surface area contributed by atoms with Crippen molar-refractivity contribution in [3.8, 4) is 0 Å². The smallest absolute Gasteiger partial charge is 0.309 e. The number of amides is 1. The summed E-state index contributed by atoms with van der Waals surface area (Å²) in [6, 6.07) is 12.1. The second-order valence-electron chi connectivity index (χ2n) is 8.38.